The molecule has 1 aliphatic carbocycles. The Labute approximate surface area is 186 Å². The lowest BCUT2D eigenvalue weighted by atomic mass is 9.89. The highest BCUT2D eigenvalue weighted by molar-refractivity contribution is 6.47. The lowest BCUT2D eigenvalue weighted by Gasteiger charge is -2.36. The van der Waals surface area contributed by atoms with E-state index in [0.717, 1.165) is 43.2 Å². The number of halogens is 2. The van der Waals surface area contributed by atoms with Gasteiger partial charge in [0.25, 0.3) is 11.7 Å². The molecule has 1 saturated carbocycles. The fourth-order valence-electron chi connectivity index (χ4n) is 4.58. The average Bonchev–Trinajstić information content (AvgIpc) is 3.01. The van der Waals surface area contributed by atoms with Gasteiger partial charge < -0.3 is 10.0 Å². The van der Waals surface area contributed by atoms with Gasteiger partial charge in [0.1, 0.15) is 5.76 Å². The molecule has 0 aromatic heterocycles. The molecule has 156 valence electrons. The highest BCUT2D eigenvalue weighted by atomic mass is 35.5. The molecule has 2 fully saturated rings. The summed E-state index contributed by atoms with van der Waals surface area (Å²) in [5.74, 6) is -1.42. The Kier molecular flexibility index (Phi) is 5.90. The van der Waals surface area contributed by atoms with E-state index in [1.54, 1.807) is 17.0 Å². The second-order valence-corrected chi connectivity index (χ2v) is 8.80. The predicted molar refractivity (Wildman–Crippen MR) is 119 cm³/mol. The first-order valence-corrected chi connectivity index (χ1v) is 11.0. The topological polar surface area (TPSA) is 57.6 Å². The van der Waals surface area contributed by atoms with Gasteiger partial charge in [0.05, 0.1) is 21.7 Å². The van der Waals surface area contributed by atoms with Gasteiger partial charge in [0, 0.05) is 11.6 Å². The minimum atomic E-state index is -0.655. The summed E-state index contributed by atoms with van der Waals surface area (Å²) in [5.41, 5.74) is 2.29. The van der Waals surface area contributed by atoms with E-state index in [4.69, 9.17) is 23.2 Å². The molecule has 6 heteroatoms. The summed E-state index contributed by atoms with van der Waals surface area (Å²) >= 11 is 12.1. The molecule has 0 bridgehead atoms. The van der Waals surface area contributed by atoms with Crippen molar-refractivity contribution in [3.8, 4) is 0 Å². The van der Waals surface area contributed by atoms with Crippen LogP contribution < -0.4 is 0 Å². The molecule has 1 unspecified atom stereocenters. The summed E-state index contributed by atoms with van der Waals surface area (Å²) < 4.78 is 0. The van der Waals surface area contributed by atoms with Crippen LogP contribution in [0.4, 0.5) is 0 Å². The maximum atomic E-state index is 13.2. The maximum absolute atomic E-state index is 13.2. The molecule has 1 amide bonds. The smallest absolute Gasteiger partial charge is 0.295 e. The Morgan fingerprint density at radius 3 is 2.37 bits per heavy atom. The number of aliphatic hydroxyl groups excluding tert-OH is 1. The van der Waals surface area contributed by atoms with Gasteiger partial charge in [-0.1, -0.05) is 66.7 Å². The largest absolute Gasteiger partial charge is 0.507 e. The van der Waals surface area contributed by atoms with Crippen molar-refractivity contribution in [2.24, 2.45) is 0 Å². The predicted octanol–water partition coefficient (Wildman–Crippen LogP) is 6.06. The molecule has 1 aliphatic heterocycles. The minimum Gasteiger partial charge on any atom is -0.507 e. The van der Waals surface area contributed by atoms with Crippen molar-refractivity contribution >= 4 is 40.7 Å². The number of rotatable bonds is 3. The van der Waals surface area contributed by atoms with Crippen LogP contribution in [0.1, 0.15) is 54.8 Å². The molecule has 2 aromatic carbocycles. The Hall–Kier alpha value is -2.30. The van der Waals surface area contributed by atoms with Crippen LogP contribution in [0.2, 0.25) is 10.0 Å². The number of benzene rings is 2. The molecule has 30 heavy (non-hydrogen) atoms. The van der Waals surface area contributed by atoms with Crippen molar-refractivity contribution in [1.29, 1.82) is 0 Å². The van der Waals surface area contributed by atoms with Gasteiger partial charge in [-0.3, -0.25) is 9.59 Å². The number of hydrogen-bond donors (Lipinski definition) is 1. The zero-order valence-corrected chi connectivity index (χ0v) is 18.2. The van der Waals surface area contributed by atoms with Gasteiger partial charge in [-0.25, -0.2) is 0 Å². The number of aryl methyl sites for hydroxylation is 1. The van der Waals surface area contributed by atoms with Gasteiger partial charge >= 0.3 is 0 Å². The number of carbonyl (C=O) groups is 2. The van der Waals surface area contributed by atoms with Crippen molar-refractivity contribution in [1.82, 2.24) is 4.90 Å². The summed E-state index contributed by atoms with van der Waals surface area (Å²) in [5, 5.41) is 11.8. The fourth-order valence-corrected chi connectivity index (χ4v) is 4.88. The lowest BCUT2D eigenvalue weighted by Crippen LogP contribution is -2.40. The third kappa shape index (κ3) is 3.63. The highest BCUT2D eigenvalue weighted by Crippen LogP contribution is 2.44. The van der Waals surface area contributed by atoms with E-state index in [-0.39, 0.29) is 22.4 Å². The van der Waals surface area contributed by atoms with Crippen LogP contribution in [-0.2, 0) is 9.59 Å². The van der Waals surface area contributed by atoms with Crippen molar-refractivity contribution < 1.29 is 14.7 Å². The number of ketones is 1. The van der Waals surface area contributed by atoms with Crippen LogP contribution >= 0.6 is 23.2 Å². The quantitative estimate of drug-likeness (QED) is 0.356. The number of likely N-dealkylation sites (tertiary alicyclic amines) is 1. The highest BCUT2D eigenvalue weighted by Gasteiger charge is 2.49. The van der Waals surface area contributed by atoms with Crippen molar-refractivity contribution in [2.75, 3.05) is 0 Å². The molecule has 2 aromatic rings. The summed E-state index contributed by atoms with van der Waals surface area (Å²) in [6.07, 6.45) is 4.92. The second kappa shape index (κ2) is 8.44. The number of aliphatic hydroxyl groups is 1. The molecule has 1 atom stereocenters. The SMILES string of the molecule is Cc1ccccc1C1/C(=C(\O)c2ccc(Cl)c(Cl)c2)C(=O)C(=O)N1C1CCCCC1. The molecule has 0 radical (unpaired) electrons. The second-order valence-electron chi connectivity index (χ2n) is 7.98. The molecule has 4 nitrogen and oxygen atoms in total. The Morgan fingerprint density at radius 1 is 1.00 bits per heavy atom. The summed E-state index contributed by atoms with van der Waals surface area (Å²) in [6, 6.07) is 11.7. The third-order valence-electron chi connectivity index (χ3n) is 6.12. The van der Waals surface area contributed by atoms with Gasteiger partial charge in [-0.05, 0) is 49.1 Å². The van der Waals surface area contributed by atoms with Crippen molar-refractivity contribution in [3.05, 3.63) is 74.8 Å². The normalized spacial score (nSPS) is 22.0. The molecule has 0 spiro atoms. The Balaban J connectivity index is 1.90. The number of hydrogen-bond acceptors (Lipinski definition) is 3. The molecule has 4 rings (SSSR count). The summed E-state index contributed by atoms with van der Waals surface area (Å²) in [6.45, 7) is 1.95. The number of carbonyl (C=O) groups excluding carboxylic acids is 2. The Morgan fingerprint density at radius 2 is 1.70 bits per heavy atom. The van der Waals surface area contributed by atoms with Crippen LogP contribution in [0.3, 0.4) is 0 Å². The number of nitrogens with zero attached hydrogens (tertiary/aromatic N) is 1. The molecule has 1 saturated heterocycles. The van der Waals surface area contributed by atoms with Gasteiger partial charge in [0.2, 0.25) is 0 Å². The number of amides is 1. The van der Waals surface area contributed by atoms with E-state index in [9.17, 15) is 14.7 Å². The van der Waals surface area contributed by atoms with Gasteiger partial charge in [-0.2, -0.15) is 0 Å². The lowest BCUT2D eigenvalue weighted by molar-refractivity contribution is -0.141. The first kappa shape index (κ1) is 21.0. The van der Waals surface area contributed by atoms with Crippen molar-refractivity contribution in [2.45, 2.75) is 51.1 Å². The van der Waals surface area contributed by atoms with E-state index in [1.165, 1.54) is 6.07 Å². The van der Waals surface area contributed by atoms with Crippen LogP contribution in [0, 0.1) is 6.92 Å². The number of Topliss-reactive ketones (excluding diaryl/α,β-unsaturated/α-hetero) is 1. The molecule has 2 aliphatic rings. The van der Waals surface area contributed by atoms with Crippen molar-refractivity contribution in [3.63, 3.8) is 0 Å². The molecular formula is C24H23Cl2NO3. The Bertz CT molecular complexity index is 1040. The van der Waals surface area contributed by atoms with E-state index in [1.807, 2.05) is 31.2 Å². The third-order valence-corrected chi connectivity index (χ3v) is 6.86. The first-order valence-electron chi connectivity index (χ1n) is 10.2. The van der Waals surface area contributed by atoms with E-state index in [2.05, 4.69) is 0 Å². The molecular weight excluding hydrogens is 421 g/mol. The van der Waals surface area contributed by atoms with E-state index >= 15 is 0 Å². The maximum Gasteiger partial charge on any atom is 0.295 e. The van der Waals surface area contributed by atoms with Crippen LogP contribution in [0.25, 0.3) is 5.76 Å². The zero-order valence-electron chi connectivity index (χ0n) is 16.7. The van der Waals surface area contributed by atoms with Gasteiger partial charge in [0.15, 0.2) is 0 Å². The molecule has 1 N–H and O–H groups in total. The van der Waals surface area contributed by atoms with E-state index in [0.29, 0.717) is 10.6 Å². The summed E-state index contributed by atoms with van der Waals surface area (Å²) in [7, 11) is 0. The monoisotopic (exact) mass is 443 g/mol. The first-order chi connectivity index (χ1) is 14.4. The molecule has 1 heterocycles. The fraction of sp³-hybridized carbons (Fsp3) is 0.333. The standard InChI is InChI=1S/C24H23Cl2NO3/c1-14-7-5-6-10-17(14)21-20(22(28)15-11-12-18(25)19(26)13-15)23(29)24(30)27(21)16-8-3-2-4-9-16/h5-7,10-13,16,21,28H,2-4,8-9H2,1H3/b22-20+. The van der Waals surface area contributed by atoms with Gasteiger partial charge in [-0.15, -0.1) is 0 Å². The van der Waals surface area contributed by atoms with Crippen LogP contribution in [-0.4, -0.2) is 27.7 Å². The van der Waals surface area contributed by atoms with Crippen LogP contribution in [0.5, 0.6) is 0 Å². The minimum absolute atomic E-state index is 0.0149. The average molecular weight is 444 g/mol. The summed E-state index contributed by atoms with van der Waals surface area (Å²) in [4.78, 5) is 28.0. The zero-order chi connectivity index (χ0) is 21.4. The van der Waals surface area contributed by atoms with E-state index < -0.39 is 17.7 Å². The van der Waals surface area contributed by atoms with Crippen LogP contribution in [0.15, 0.2) is 48.0 Å².